The van der Waals surface area contributed by atoms with Crippen LogP contribution in [0.5, 0.6) is 0 Å². The first-order valence-corrected chi connectivity index (χ1v) is 11.1. The maximum Gasteiger partial charge on any atom is 0.202 e. The number of hydrogen-bond donors (Lipinski definition) is 2. The molecule has 0 radical (unpaired) electrons. The van der Waals surface area contributed by atoms with Crippen molar-refractivity contribution in [3.05, 3.63) is 71.8 Å². The molecule has 0 aliphatic rings. The van der Waals surface area contributed by atoms with E-state index in [1.54, 1.807) is 16.7 Å². The zero-order valence-electron chi connectivity index (χ0n) is 19.7. The second kappa shape index (κ2) is 8.47. The number of nitrogens with zero attached hydrogens (tertiary/aromatic N) is 4. The highest BCUT2D eigenvalue weighted by Crippen LogP contribution is 2.36. The van der Waals surface area contributed by atoms with Crippen molar-refractivity contribution >= 4 is 17.1 Å². The van der Waals surface area contributed by atoms with Gasteiger partial charge in [0.1, 0.15) is 40.3 Å². The fourth-order valence-corrected chi connectivity index (χ4v) is 4.07. The van der Waals surface area contributed by atoms with Crippen LogP contribution in [-0.4, -0.2) is 24.5 Å². The van der Waals surface area contributed by atoms with E-state index < -0.39 is 28.8 Å². The van der Waals surface area contributed by atoms with Gasteiger partial charge in [-0.1, -0.05) is 26.8 Å². The van der Waals surface area contributed by atoms with Crippen LogP contribution in [0.3, 0.4) is 0 Å². The predicted molar refractivity (Wildman–Crippen MR) is 130 cm³/mol. The molecule has 5 aromatic rings. The van der Waals surface area contributed by atoms with Gasteiger partial charge in [0.05, 0.1) is 17.0 Å². The van der Waals surface area contributed by atoms with Crippen molar-refractivity contribution in [2.45, 2.75) is 27.3 Å². The molecule has 0 saturated carbocycles. The van der Waals surface area contributed by atoms with Crippen molar-refractivity contribution in [1.82, 2.24) is 24.5 Å². The number of nitrogens with one attached hydrogen (secondary N) is 1. The maximum atomic E-state index is 14.8. The van der Waals surface area contributed by atoms with Gasteiger partial charge >= 0.3 is 0 Å². The molecule has 0 atom stereocenters. The fourth-order valence-electron chi connectivity index (χ4n) is 4.07. The minimum Gasteiger partial charge on any atom is -0.369 e. The molecule has 0 aliphatic heterocycles. The van der Waals surface area contributed by atoms with E-state index in [-0.39, 0.29) is 34.1 Å². The van der Waals surface area contributed by atoms with Gasteiger partial charge in [-0.15, -0.1) is 0 Å². The van der Waals surface area contributed by atoms with Crippen LogP contribution >= 0.6 is 0 Å². The lowest BCUT2D eigenvalue weighted by atomic mass is 9.97. The quantitative estimate of drug-likeness (QED) is 0.286. The number of aromatic nitrogens is 5. The molecule has 10 heteroatoms. The molecule has 0 bridgehead atoms. The average molecular weight is 494 g/mol. The highest BCUT2D eigenvalue weighted by Gasteiger charge is 2.24. The first-order valence-electron chi connectivity index (χ1n) is 11.1. The number of anilines is 1. The third-order valence-corrected chi connectivity index (χ3v) is 5.60. The lowest BCUT2D eigenvalue weighted by Crippen LogP contribution is -2.17. The monoisotopic (exact) mass is 494 g/mol. The van der Waals surface area contributed by atoms with Crippen LogP contribution in [0, 0.1) is 28.7 Å². The van der Waals surface area contributed by atoms with Gasteiger partial charge in [0.15, 0.2) is 5.65 Å². The number of rotatable bonds is 4. The van der Waals surface area contributed by atoms with Gasteiger partial charge in [-0.3, -0.25) is 4.57 Å². The van der Waals surface area contributed by atoms with E-state index in [1.807, 2.05) is 20.8 Å². The van der Waals surface area contributed by atoms with Gasteiger partial charge in [0.2, 0.25) is 5.95 Å². The van der Waals surface area contributed by atoms with Gasteiger partial charge in [-0.05, 0) is 41.8 Å². The Hall–Kier alpha value is -4.21. The summed E-state index contributed by atoms with van der Waals surface area (Å²) in [6.07, 6.45) is 0. The van der Waals surface area contributed by atoms with Gasteiger partial charge in [-0.2, -0.15) is 0 Å². The summed E-state index contributed by atoms with van der Waals surface area (Å²) in [7, 11) is 0. The number of fused-ring (bicyclic) bond motifs is 1. The normalized spacial score (nSPS) is 12.0. The van der Waals surface area contributed by atoms with E-state index in [2.05, 4.69) is 15.0 Å². The lowest BCUT2D eigenvalue weighted by Gasteiger charge is -2.19. The van der Waals surface area contributed by atoms with Crippen molar-refractivity contribution < 1.29 is 17.6 Å². The molecule has 3 N–H and O–H groups in total. The fraction of sp³-hybridized carbons (Fsp3) is 0.192. The van der Waals surface area contributed by atoms with Crippen molar-refractivity contribution in [2.75, 3.05) is 5.73 Å². The molecule has 5 rings (SSSR count). The smallest absolute Gasteiger partial charge is 0.202 e. The van der Waals surface area contributed by atoms with Crippen molar-refractivity contribution in [1.29, 1.82) is 0 Å². The van der Waals surface area contributed by atoms with E-state index in [1.165, 1.54) is 12.1 Å². The van der Waals surface area contributed by atoms with Crippen molar-refractivity contribution in [3.63, 3.8) is 0 Å². The highest BCUT2D eigenvalue weighted by atomic mass is 19.1. The molecule has 3 heterocycles. The van der Waals surface area contributed by atoms with Crippen LogP contribution in [0.1, 0.15) is 20.8 Å². The minimum atomic E-state index is -0.883. The number of halogens is 4. The van der Waals surface area contributed by atoms with E-state index in [0.29, 0.717) is 29.5 Å². The van der Waals surface area contributed by atoms with Crippen LogP contribution < -0.4 is 5.73 Å². The molecular weight excluding hydrogens is 472 g/mol. The predicted octanol–water partition coefficient (Wildman–Crippen LogP) is 6.34. The number of imidazole rings is 2. The first kappa shape index (κ1) is 23.5. The second-order valence-corrected chi connectivity index (χ2v) is 9.69. The molecule has 2 aromatic carbocycles. The Bertz CT molecular complexity index is 1590. The van der Waals surface area contributed by atoms with E-state index in [4.69, 9.17) is 10.7 Å². The topological polar surface area (TPSA) is 85.4 Å². The highest BCUT2D eigenvalue weighted by molar-refractivity contribution is 5.84. The number of benzene rings is 2. The largest absolute Gasteiger partial charge is 0.369 e. The summed E-state index contributed by atoms with van der Waals surface area (Å²) in [5.74, 6) is -3.22. The second-order valence-electron chi connectivity index (χ2n) is 9.69. The number of pyridine rings is 1. The number of nitrogen functional groups attached to an aromatic ring is 1. The van der Waals surface area contributed by atoms with Gasteiger partial charge in [-0.25, -0.2) is 32.5 Å². The molecule has 3 aromatic heterocycles. The van der Waals surface area contributed by atoms with Crippen molar-refractivity contribution in [2.24, 2.45) is 5.41 Å². The lowest BCUT2D eigenvalue weighted by molar-refractivity contribution is 0.350. The summed E-state index contributed by atoms with van der Waals surface area (Å²) in [6, 6.07) is 9.75. The summed E-state index contributed by atoms with van der Waals surface area (Å²) in [5.41, 5.74) is 7.10. The Labute approximate surface area is 203 Å². The molecule has 36 heavy (non-hydrogen) atoms. The number of nitrogens with two attached hydrogens (primary N) is 1. The molecule has 6 nitrogen and oxygen atoms in total. The summed E-state index contributed by atoms with van der Waals surface area (Å²) in [4.78, 5) is 16.3. The van der Waals surface area contributed by atoms with Crippen LogP contribution in [-0.2, 0) is 6.54 Å². The third kappa shape index (κ3) is 4.19. The number of aromatic amines is 1. The number of hydrogen-bond acceptors (Lipinski definition) is 4. The molecule has 0 saturated heterocycles. The van der Waals surface area contributed by atoms with Crippen LogP contribution in [0.2, 0.25) is 0 Å². The van der Waals surface area contributed by atoms with Crippen LogP contribution in [0.4, 0.5) is 23.5 Å². The molecule has 0 aliphatic carbocycles. The summed E-state index contributed by atoms with van der Waals surface area (Å²) < 4.78 is 59.3. The molecule has 0 fully saturated rings. The third-order valence-electron chi connectivity index (χ3n) is 5.60. The Kier molecular flexibility index (Phi) is 5.54. The standard InChI is InChI=1S/C26H22F4N6/c1-26(2,3)12-36-24-19(33-25(36)31)10-9-18(32-24)22-21(14-8-7-13(27)11-17(14)30)34-23(35-22)20-15(28)5-4-6-16(20)29/h4-11H,12H2,1-3H3,(H2,31,33)(H,34,35). The zero-order chi connectivity index (χ0) is 25.8. The summed E-state index contributed by atoms with van der Waals surface area (Å²) in [5, 5.41) is 0. The molecular formula is C26H22F4N6. The van der Waals surface area contributed by atoms with Crippen molar-refractivity contribution in [3.8, 4) is 34.0 Å². The van der Waals surface area contributed by atoms with E-state index >= 15 is 0 Å². The average Bonchev–Trinajstić information content (AvgIpc) is 3.34. The van der Waals surface area contributed by atoms with Gasteiger partial charge in [0, 0.05) is 18.2 Å². The molecule has 0 amide bonds. The van der Waals surface area contributed by atoms with Gasteiger partial charge in [0.25, 0.3) is 0 Å². The van der Waals surface area contributed by atoms with E-state index in [0.717, 1.165) is 18.2 Å². The Balaban J connectivity index is 1.76. The van der Waals surface area contributed by atoms with Gasteiger partial charge < -0.3 is 10.7 Å². The summed E-state index contributed by atoms with van der Waals surface area (Å²) >= 11 is 0. The minimum absolute atomic E-state index is 0.0202. The SMILES string of the molecule is CC(C)(C)Cn1c(N)nc2ccc(-c3[nH]c(-c4c(F)cccc4F)nc3-c3ccc(F)cc3F)nc21. The first-order chi connectivity index (χ1) is 17.0. The summed E-state index contributed by atoms with van der Waals surface area (Å²) in [6.45, 7) is 6.66. The Morgan fingerprint density at radius 1 is 0.889 bits per heavy atom. The zero-order valence-corrected chi connectivity index (χ0v) is 19.7. The molecule has 184 valence electrons. The Morgan fingerprint density at radius 2 is 1.61 bits per heavy atom. The maximum absolute atomic E-state index is 14.8. The van der Waals surface area contributed by atoms with E-state index in [9.17, 15) is 17.6 Å². The van der Waals surface area contributed by atoms with Crippen LogP contribution in [0.25, 0.3) is 45.2 Å². The van der Waals surface area contributed by atoms with Crippen LogP contribution in [0.15, 0.2) is 48.5 Å². The molecule has 0 spiro atoms. The Morgan fingerprint density at radius 3 is 2.28 bits per heavy atom. The number of H-pyrrole nitrogens is 1. The molecule has 0 unspecified atom stereocenters.